The number of rotatable bonds is 5. The number of ether oxygens (including phenoxy) is 1. The molecule has 3 rings (SSSR count). The van der Waals surface area contributed by atoms with Crippen molar-refractivity contribution in [3.05, 3.63) is 0 Å². The van der Waals surface area contributed by atoms with Gasteiger partial charge in [-0.2, -0.15) is 0 Å². The van der Waals surface area contributed by atoms with E-state index in [0.29, 0.717) is 19.1 Å². The number of nitrogens with zero attached hydrogens (tertiary/aromatic N) is 3. The monoisotopic (exact) mass is 387 g/mol. The second kappa shape index (κ2) is 8.43. The minimum Gasteiger partial charge on any atom is -0.375 e. The molecule has 3 aliphatic rings. The van der Waals surface area contributed by atoms with Gasteiger partial charge in [-0.1, -0.05) is 13.8 Å². The van der Waals surface area contributed by atoms with Gasteiger partial charge in [-0.25, -0.2) is 12.7 Å². The van der Waals surface area contributed by atoms with Crippen molar-refractivity contribution in [1.82, 2.24) is 14.1 Å². The molecular weight excluding hydrogens is 350 g/mol. The Morgan fingerprint density at radius 3 is 2.31 bits per heavy atom. The molecule has 1 spiro atoms. The smallest absolute Gasteiger partial charge is 0.213 e. The van der Waals surface area contributed by atoms with Crippen molar-refractivity contribution in [3.8, 4) is 0 Å². The van der Waals surface area contributed by atoms with E-state index in [9.17, 15) is 8.42 Å². The SMILES string of the molecule is CCS(=O)(=O)N1CCC2(CC1)CC(N1CCN(CC(C)C)CC1)CCO2. The van der Waals surface area contributed by atoms with Gasteiger partial charge in [-0.05, 0) is 38.5 Å². The van der Waals surface area contributed by atoms with Crippen LogP contribution in [0.3, 0.4) is 0 Å². The molecular formula is C19H37N3O3S. The molecule has 0 N–H and O–H groups in total. The molecule has 3 fully saturated rings. The third kappa shape index (κ3) is 4.79. The van der Waals surface area contributed by atoms with E-state index in [1.165, 1.54) is 19.6 Å². The van der Waals surface area contributed by atoms with E-state index in [1.807, 2.05) is 0 Å². The molecule has 0 radical (unpaired) electrons. The zero-order valence-corrected chi connectivity index (χ0v) is 17.6. The normalized spacial score (nSPS) is 29.5. The molecule has 3 aliphatic heterocycles. The number of hydrogen-bond donors (Lipinski definition) is 0. The van der Waals surface area contributed by atoms with Crippen LogP contribution < -0.4 is 0 Å². The average Bonchev–Trinajstić information content (AvgIpc) is 2.62. The molecule has 0 aromatic heterocycles. The molecule has 3 saturated heterocycles. The Morgan fingerprint density at radius 1 is 1.08 bits per heavy atom. The highest BCUT2D eigenvalue weighted by Crippen LogP contribution is 2.37. The molecule has 0 aromatic carbocycles. The van der Waals surface area contributed by atoms with Gasteiger partial charge in [0.05, 0.1) is 11.4 Å². The number of piperidine rings is 1. The van der Waals surface area contributed by atoms with Gasteiger partial charge >= 0.3 is 0 Å². The summed E-state index contributed by atoms with van der Waals surface area (Å²) in [6.07, 6.45) is 3.87. The second-order valence-electron chi connectivity index (χ2n) is 8.71. The first-order valence-corrected chi connectivity index (χ1v) is 12.0. The lowest BCUT2D eigenvalue weighted by atomic mass is 9.82. The lowest BCUT2D eigenvalue weighted by Crippen LogP contribution is -2.57. The summed E-state index contributed by atoms with van der Waals surface area (Å²) >= 11 is 0. The summed E-state index contributed by atoms with van der Waals surface area (Å²) < 4.78 is 32.1. The molecule has 3 heterocycles. The Morgan fingerprint density at radius 2 is 1.73 bits per heavy atom. The van der Waals surface area contributed by atoms with Crippen LogP contribution in [0.15, 0.2) is 0 Å². The maximum Gasteiger partial charge on any atom is 0.213 e. The van der Waals surface area contributed by atoms with E-state index in [2.05, 4.69) is 23.6 Å². The molecule has 0 bridgehead atoms. The van der Waals surface area contributed by atoms with Gasteiger partial charge in [0.25, 0.3) is 0 Å². The van der Waals surface area contributed by atoms with Gasteiger partial charge in [-0.3, -0.25) is 4.90 Å². The van der Waals surface area contributed by atoms with Gasteiger partial charge in [0.15, 0.2) is 0 Å². The molecule has 26 heavy (non-hydrogen) atoms. The number of piperazine rings is 1. The van der Waals surface area contributed by atoms with Gasteiger partial charge in [0, 0.05) is 58.5 Å². The van der Waals surface area contributed by atoms with Crippen LogP contribution in [0.25, 0.3) is 0 Å². The van der Waals surface area contributed by atoms with Gasteiger partial charge < -0.3 is 9.64 Å². The number of sulfonamides is 1. The van der Waals surface area contributed by atoms with E-state index in [1.54, 1.807) is 11.2 Å². The Bertz CT molecular complexity index is 550. The third-order valence-electron chi connectivity index (χ3n) is 6.41. The summed E-state index contributed by atoms with van der Waals surface area (Å²) in [5.74, 6) is 0.932. The van der Waals surface area contributed by atoms with Crippen LogP contribution in [0, 0.1) is 5.92 Å². The minimum atomic E-state index is -3.06. The predicted octanol–water partition coefficient (Wildman–Crippen LogP) is 1.62. The van der Waals surface area contributed by atoms with Crippen LogP contribution in [0.2, 0.25) is 0 Å². The summed E-state index contributed by atoms with van der Waals surface area (Å²) in [6.45, 7) is 14.2. The van der Waals surface area contributed by atoms with Crippen LogP contribution in [-0.2, 0) is 14.8 Å². The topological polar surface area (TPSA) is 53.1 Å². The highest BCUT2D eigenvalue weighted by Gasteiger charge is 2.43. The van der Waals surface area contributed by atoms with E-state index in [0.717, 1.165) is 51.3 Å². The summed E-state index contributed by atoms with van der Waals surface area (Å²) in [5, 5.41) is 0. The molecule has 0 aliphatic carbocycles. The quantitative estimate of drug-likeness (QED) is 0.718. The number of hydrogen-bond acceptors (Lipinski definition) is 5. The Labute approximate surface area is 159 Å². The van der Waals surface area contributed by atoms with Crippen LogP contribution in [-0.4, -0.2) is 92.3 Å². The van der Waals surface area contributed by atoms with Crippen LogP contribution in [0.5, 0.6) is 0 Å². The first-order valence-electron chi connectivity index (χ1n) is 10.4. The minimum absolute atomic E-state index is 0.0995. The fourth-order valence-electron chi connectivity index (χ4n) is 4.84. The second-order valence-corrected chi connectivity index (χ2v) is 11.0. The van der Waals surface area contributed by atoms with Gasteiger partial charge in [0.2, 0.25) is 10.0 Å². The summed E-state index contributed by atoms with van der Waals surface area (Å²) in [4.78, 5) is 5.25. The maximum atomic E-state index is 12.1. The highest BCUT2D eigenvalue weighted by atomic mass is 32.2. The van der Waals surface area contributed by atoms with Gasteiger partial charge in [-0.15, -0.1) is 0 Å². The largest absolute Gasteiger partial charge is 0.375 e. The molecule has 152 valence electrons. The lowest BCUT2D eigenvalue weighted by Gasteiger charge is -2.49. The Hall–Kier alpha value is -0.210. The van der Waals surface area contributed by atoms with Crippen molar-refractivity contribution in [2.24, 2.45) is 5.92 Å². The van der Waals surface area contributed by atoms with Crippen molar-refractivity contribution in [2.75, 3.05) is 58.2 Å². The molecule has 0 aromatic rings. The first kappa shape index (κ1) is 20.5. The molecule has 6 nitrogen and oxygen atoms in total. The maximum absolute atomic E-state index is 12.1. The Kier molecular flexibility index (Phi) is 6.66. The zero-order valence-electron chi connectivity index (χ0n) is 16.8. The van der Waals surface area contributed by atoms with E-state index < -0.39 is 10.0 Å². The third-order valence-corrected chi connectivity index (χ3v) is 8.29. The lowest BCUT2D eigenvalue weighted by molar-refractivity contribution is -0.130. The molecule has 1 unspecified atom stereocenters. The fraction of sp³-hybridized carbons (Fsp3) is 1.00. The van der Waals surface area contributed by atoms with Crippen molar-refractivity contribution < 1.29 is 13.2 Å². The molecule has 7 heteroatoms. The molecule has 1 atom stereocenters. The van der Waals surface area contributed by atoms with E-state index in [4.69, 9.17) is 4.74 Å². The van der Waals surface area contributed by atoms with Crippen molar-refractivity contribution in [3.63, 3.8) is 0 Å². The van der Waals surface area contributed by atoms with Crippen LogP contribution in [0.1, 0.15) is 46.5 Å². The summed E-state index contributed by atoms with van der Waals surface area (Å²) in [7, 11) is -3.06. The van der Waals surface area contributed by atoms with Crippen LogP contribution in [0.4, 0.5) is 0 Å². The van der Waals surface area contributed by atoms with E-state index in [-0.39, 0.29) is 11.4 Å². The Balaban J connectivity index is 1.52. The van der Waals surface area contributed by atoms with Gasteiger partial charge in [0.1, 0.15) is 0 Å². The summed E-state index contributed by atoms with van der Waals surface area (Å²) in [5.41, 5.74) is -0.0995. The van der Waals surface area contributed by atoms with Crippen molar-refractivity contribution in [1.29, 1.82) is 0 Å². The average molecular weight is 388 g/mol. The van der Waals surface area contributed by atoms with Crippen molar-refractivity contribution >= 4 is 10.0 Å². The summed E-state index contributed by atoms with van der Waals surface area (Å²) in [6, 6.07) is 0.597. The van der Waals surface area contributed by atoms with Crippen LogP contribution >= 0.6 is 0 Å². The van der Waals surface area contributed by atoms with E-state index >= 15 is 0 Å². The van der Waals surface area contributed by atoms with Crippen molar-refractivity contribution in [2.45, 2.75) is 58.1 Å². The molecule has 0 amide bonds. The zero-order chi connectivity index (χ0) is 18.8. The first-order chi connectivity index (χ1) is 12.3. The predicted molar refractivity (Wildman–Crippen MR) is 105 cm³/mol. The molecule has 0 saturated carbocycles. The highest BCUT2D eigenvalue weighted by molar-refractivity contribution is 7.89. The fourth-order valence-corrected chi connectivity index (χ4v) is 5.95. The standard InChI is InChI=1S/C19H37N3O3S/c1-4-26(23,24)22-8-6-19(7-9-22)15-18(5-14-25-19)21-12-10-20(11-13-21)16-17(2)3/h17-18H,4-16H2,1-3H3.